The number of nitrogens with one attached hydrogen (secondary N) is 1. The van der Waals surface area contributed by atoms with E-state index in [0.29, 0.717) is 31.2 Å². The first kappa shape index (κ1) is 18.6. The molecule has 2 saturated heterocycles. The zero-order valence-electron chi connectivity index (χ0n) is 13.3. The number of halogens is 2. The van der Waals surface area contributed by atoms with Gasteiger partial charge in [0.15, 0.2) is 0 Å². The molecule has 2 aliphatic rings. The summed E-state index contributed by atoms with van der Waals surface area (Å²) < 4.78 is 6.61. The molecule has 0 aromatic heterocycles. The molecule has 2 fully saturated rings. The van der Waals surface area contributed by atoms with Gasteiger partial charge in [-0.1, -0.05) is 12.1 Å². The molecular weight excluding hydrogens is 380 g/mol. The largest absolute Gasteiger partial charge is 0.492 e. The summed E-state index contributed by atoms with van der Waals surface area (Å²) in [6.45, 7) is 0.420. The molecule has 1 amide bonds. The number of hydrogen-bond donors (Lipinski definition) is 1. The van der Waals surface area contributed by atoms with E-state index >= 15 is 0 Å². The van der Waals surface area contributed by atoms with Crippen molar-refractivity contribution in [3.8, 4) is 5.75 Å². The standard InChI is InChI=1S/C17H23BrN2O2.ClH/c1-20(14-10-12-6-7-13(11-14)19-12)17(21)8-9-22-16-5-3-2-4-15(16)18;/h2-5,12-14,19H,6-11H2,1H3;1H. The first-order chi connectivity index (χ1) is 10.6. The number of amides is 1. The highest BCUT2D eigenvalue weighted by molar-refractivity contribution is 9.10. The summed E-state index contributed by atoms with van der Waals surface area (Å²) in [7, 11) is 1.94. The van der Waals surface area contributed by atoms with Crippen LogP contribution in [0, 0.1) is 0 Å². The van der Waals surface area contributed by atoms with Crippen LogP contribution in [-0.4, -0.2) is 42.6 Å². The van der Waals surface area contributed by atoms with E-state index in [9.17, 15) is 4.79 Å². The van der Waals surface area contributed by atoms with Crippen LogP contribution >= 0.6 is 28.3 Å². The monoisotopic (exact) mass is 402 g/mol. The fourth-order valence-corrected chi connectivity index (χ4v) is 3.93. The highest BCUT2D eigenvalue weighted by Crippen LogP contribution is 2.29. The number of ether oxygens (including phenoxy) is 1. The van der Waals surface area contributed by atoms with Gasteiger partial charge in [0.2, 0.25) is 5.91 Å². The maximum absolute atomic E-state index is 12.4. The topological polar surface area (TPSA) is 41.6 Å². The lowest BCUT2D eigenvalue weighted by molar-refractivity contribution is -0.133. The number of nitrogens with zero attached hydrogens (tertiary/aromatic N) is 1. The molecule has 4 nitrogen and oxygen atoms in total. The Hall–Kier alpha value is -0.780. The van der Waals surface area contributed by atoms with Gasteiger partial charge in [-0.05, 0) is 53.7 Å². The summed E-state index contributed by atoms with van der Waals surface area (Å²) in [6.07, 6.45) is 5.12. The normalized spacial score (nSPS) is 25.6. The van der Waals surface area contributed by atoms with Crippen molar-refractivity contribution in [1.29, 1.82) is 0 Å². The van der Waals surface area contributed by atoms with Gasteiger partial charge in [0.05, 0.1) is 17.5 Å². The highest BCUT2D eigenvalue weighted by Gasteiger charge is 2.36. The summed E-state index contributed by atoms with van der Waals surface area (Å²) in [5.74, 6) is 0.969. The molecule has 0 saturated carbocycles. The fraction of sp³-hybridized carbons (Fsp3) is 0.588. The van der Waals surface area contributed by atoms with Crippen molar-refractivity contribution < 1.29 is 9.53 Å². The van der Waals surface area contributed by atoms with Gasteiger partial charge in [-0.15, -0.1) is 12.4 Å². The minimum absolute atomic E-state index is 0. The quantitative estimate of drug-likeness (QED) is 0.819. The molecule has 6 heteroatoms. The zero-order valence-corrected chi connectivity index (χ0v) is 15.7. The lowest BCUT2D eigenvalue weighted by Crippen LogP contribution is -2.48. The first-order valence-electron chi connectivity index (χ1n) is 8.02. The van der Waals surface area contributed by atoms with Crippen molar-refractivity contribution in [2.45, 2.75) is 50.2 Å². The van der Waals surface area contributed by atoms with Gasteiger partial charge in [0.25, 0.3) is 0 Å². The number of carbonyl (C=O) groups excluding carboxylic acids is 1. The molecule has 1 aromatic rings. The second-order valence-electron chi connectivity index (χ2n) is 6.30. The van der Waals surface area contributed by atoms with Crippen LogP contribution in [-0.2, 0) is 4.79 Å². The average molecular weight is 404 g/mol. The Kier molecular flexibility index (Phi) is 6.74. The van der Waals surface area contributed by atoms with E-state index in [0.717, 1.165) is 23.1 Å². The lowest BCUT2D eigenvalue weighted by atomic mass is 9.98. The van der Waals surface area contributed by atoms with Gasteiger partial charge in [-0.2, -0.15) is 0 Å². The fourth-order valence-electron chi connectivity index (χ4n) is 3.53. The molecule has 0 spiro atoms. The number of hydrogen-bond acceptors (Lipinski definition) is 3. The Morgan fingerprint density at radius 2 is 1.96 bits per heavy atom. The Labute approximate surface area is 152 Å². The van der Waals surface area contributed by atoms with Crippen LogP contribution in [0.1, 0.15) is 32.1 Å². The summed E-state index contributed by atoms with van der Waals surface area (Å²) in [4.78, 5) is 14.3. The van der Waals surface area contributed by atoms with E-state index < -0.39 is 0 Å². The number of piperidine rings is 1. The number of carbonyl (C=O) groups is 1. The molecule has 1 aromatic carbocycles. The summed E-state index contributed by atoms with van der Waals surface area (Å²) in [5.41, 5.74) is 0. The molecule has 128 valence electrons. The third-order valence-electron chi connectivity index (χ3n) is 4.80. The Morgan fingerprint density at radius 3 is 2.61 bits per heavy atom. The van der Waals surface area contributed by atoms with Gasteiger partial charge < -0.3 is 15.0 Å². The van der Waals surface area contributed by atoms with Crippen LogP contribution in [0.4, 0.5) is 0 Å². The van der Waals surface area contributed by atoms with Gasteiger partial charge >= 0.3 is 0 Å². The van der Waals surface area contributed by atoms with Crippen molar-refractivity contribution in [3.05, 3.63) is 28.7 Å². The minimum atomic E-state index is 0. The molecule has 0 aliphatic carbocycles. The molecular formula is C17H24BrClN2O2. The highest BCUT2D eigenvalue weighted by atomic mass is 79.9. The molecule has 2 atom stereocenters. The smallest absolute Gasteiger partial charge is 0.225 e. The van der Waals surface area contributed by atoms with E-state index in [-0.39, 0.29) is 18.3 Å². The second-order valence-corrected chi connectivity index (χ2v) is 7.15. The third-order valence-corrected chi connectivity index (χ3v) is 5.45. The van der Waals surface area contributed by atoms with Gasteiger partial charge in [0, 0.05) is 25.2 Å². The maximum atomic E-state index is 12.4. The summed E-state index contributed by atoms with van der Waals surface area (Å²) in [6, 6.07) is 9.32. The zero-order chi connectivity index (χ0) is 15.5. The molecule has 0 radical (unpaired) electrons. The molecule has 3 rings (SSSR count). The van der Waals surface area contributed by atoms with Crippen LogP contribution in [0.3, 0.4) is 0 Å². The van der Waals surface area contributed by atoms with Crippen LogP contribution in [0.25, 0.3) is 0 Å². The molecule has 2 unspecified atom stereocenters. The molecule has 2 heterocycles. The second kappa shape index (κ2) is 8.36. The van der Waals surface area contributed by atoms with Crippen molar-refractivity contribution in [2.75, 3.05) is 13.7 Å². The van der Waals surface area contributed by atoms with Gasteiger partial charge in [-0.3, -0.25) is 4.79 Å². The molecule has 23 heavy (non-hydrogen) atoms. The van der Waals surface area contributed by atoms with Gasteiger partial charge in [-0.25, -0.2) is 0 Å². The molecule has 2 aliphatic heterocycles. The molecule has 2 bridgehead atoms. The van der Waals surface area contributed by atoms with Crippen LogP contribution in [0.15, 0.2) is 28.7 Å². The van der Waals surface area contributed by atoms with Crippen molar-refractivity contribution in [1.82, 2.24) is 10.2 Å². The Morgan fingerprint density at radius 1 is 1.30 bits per heavy atom. The lowest BCUT2D eigenvalue weighted by Gasteiger charge is -2.35. The third kappa shape index (κ3) is 4.61. The van der Waals surface area contributed by atoms with Crippen LogP contribution in [0.5, 0.6) is 5.75 Å². The first-order valence-corrected chi connectivity index (χ1v) is 8.82. The number of rotatable bonds is 5. The Balaban J connectivity index is 0.00000192. The molecule has 1 N–H and O–H groups in total. The van der Waals surface area contributed by atoms with Gasteiger partial charge in [0.1, 0.15) is 5.75 Å². The van der Waals surface area contributed by atoms with E-state index in [1.54, 1.807) is 0 Å². The number of fused-ring (bicyclic) bond motifs is 2. The summed E-state index contributed by atoms with van der Waals surface area (Å²) in [5, 5.41) is 3.62. The van der Waals surface area contributed by atoms with E-state index in [2.05, 4.69) is 21.2 Å². The van der Waals surface area contributed by atoms with Crippen LogP contribution in [0.2, 0.25) is 0 Å². The predicted octanol–water partition coefficient (Wildman–Crippen LogP) is 3.38. The number of para-hydroxylation sites is 1. The van der Waals surface area contributed by atoms with Crippen molar-refractivity contribution >= 4 is 34.2 Å². The van der Waals surface area contributed by atoms with Crippen molar-refractivity contribution in [3.63, 3.8) is 0 Å². The Bertz CT molecular complexity index is 531. The van der Waals surface area contributed by atoms with Crippen LogP contribution < -0.4 is 10.1 Å². The minimum Gasteiger partial charge on any atom is -0.492 e. The predicted molar refractivity (Wildman–Crippen MR) is 97.2 cm³/mol. The SMILES string of the molecule is CN(C(=O)CCOc1ccccc1Br)C1CC2CCC(C1)N2.Cl. The van der Waals surface area contributed by atoms with E-state index in [4.69, 9.17) is 4.74 Å². The maximum Gasteiger partial charge on any atom is 0.225 e. The number of benzene rings is 1. The van der Waals surface area contributed by atoms with E-state index in [1.165, 1.54) is 12.8 Å². The average Bonchev–Trinajstić information content (AvgIpc) is 2.86. The van der Waals surface area contributed by atoms with Crippen molar-refractivity contribution in [2.24, 2.45) is 0 Å². The van der Waals surface area contributed by atoms with E-state index in [1.807, 2.05) is 36.2 Å². The summed E-state index contributed by atoms with van der Waals surface area (Å²) >= 11 is 3.45.